The Morgan fingerprint density at radius 3 is 2.56 bits per heavy atom. The van der Waals surface area contributed by atoms with Crippen molar-refractivity contribution >= 4 is 35.4 Å². The number of aliphatic carboxylic acids is 1. The van der Waals surface area contributed by atoms with Gasteiger partial charge in [-0.05, 0) is 36.1 Å². The van der Waals surface area contributed by atoms with Gasteiger partial charge in [-0.2, -0.15) is 0 Å². The third-order valence-corrected chi connectivity index (χ3v) is 4.31. The van der Waals surface area contributed by atoms with Crippen molar-refractivity contribution < 1.29 is 24.3 Å². The quantitative estimate of drug-likeness (QED) is 0.648. The lowest BCUT2D eigenvalue weighted by Gasteiger charge is -2.16. The van der Waals surface area contributed by atoms with Crippen LogP contribution in [0.15, 0.2) is 35.7 Å². The number of nitrogens with one attached hydrogen (secondary N) is 2. The van der Waals surface area contributed by atoms with Gasteiger partial charge in [-0.25, -0.2) is 4.79 Å². The number of benzene rings is 1. The lowest BCUT2D eigenvalue weighted by Crippen LogP contribution is -2.48. The van der Waals surface area contributed by atoms with Crippen molar-refractivity contribution in [1.82, 2.24) is 10.6 Å². The molecule has 1 atom stereocenters. The summed E-state index contributed by atoms with van der Waals surface area (Å²) in [5, 5.41) is 15.8. The van der Waals surface area contributed by atoms with Gasteiger partial charge in [0.25, 0.3) is 11.8 Å². The topological polar surface area (TPSA) is 113 Å². The number of aldehydes is 1. The van der Waals surface area contributed by atoms with Gasteiger partial charge in [-0.15, -0.1) is 11.3 Å². The standard InChI is InChI=1S/C17H16N2O5S/c1-10-7-11(9-20)4-5-12(10)15(21)19-13(17(23)24)8-18-16(22)14-3-2-6-25-14/h2-7,9,13H,8H2,1H3,(H,18,22)(H,19,21)(H,23,24). The number of thiophene rings is 1. The second-order valence-corrected chi connectivity index (χ2v) is 6.19. The number of carboxylic acid groups (broad SMARTS) is 1. The number of hydrogen-bond donors (Lipinski definition) is 3. The fourth-order valence-electron chi connectivity index (χ4n) is 2.14. The number of hydrogen-bond acceptors (Lipinski definition) is 5. The van der Waals surface area contributed by atoms with E-state index >= 15 is 0 Å². The molecule has 0 bridgehead atoms. The Labute approximate surface area is 147 Å². The summed E-state index contributed by atoms with van der Waals surface area (Å²) < 4.78 is 0. The molecule has 7 nitrogen and oxygen atoms in total. The summed E-state index contributed by atoms with van der Waals surface area (Å²) in [5.74, 6) is -2.25. The molecule has 1 heterocycles. The molecule has 2 amide bonds. The van der Waals surface area contributed by atoms with Crippen LogP contribution in [0.25, 0.3) is 0 Å². The van der Waals surface area contributed by atoms with E-state index in [1.165, 1.54) is 29.5 Å². The molecule has 0 saturated heterocycles. The highest BCUT2D eigenvalue weighted by Gasteiger charge is 2.22. The first-order chi connectivity index (χ1) is 11.9. The molecule has 2 rings (SSSR count). The van der Waals surface area contributed by atoms with Crippen molar-refractivity contribution in [2.75, 3.05) is 6.54 Å². The third-order valence-electron chi connectivity index (χ3n) is 3.45. The van der Waals surface area contributed by atoms with Gasteiger partial charge in [0.1, 0.15) is 12.3 Å². The molecule has 0 radical (unpaired) electrons. The first-order valence-corrected chi connectivity index (χ1v) is 8.21. The second kappa shape index (κ2) is 8.20. The number of rotatable bonds is 7. The number of carbonyl (C=O) groups excluding carboxylic acids is 3. The van der Waals surface area contributed by atoms with Crippen molar-refractivity contribution in [3.05, 3.63) is 57.3 Å². The second-order valence-electron chi connectivity index (χ2n) is 5.24. The summed E-state index contributed by atoms with van der Waals surface area (Å²) in [7, 11) is 0. The Bertz CT molecular complexity index is 801. The molecule has 1 aromatic carbocycles. The summed E-state index contributed by atoms with van der Waals surface area (Å²) in [6, 6.07) is 6.52. The summed E-state index contributed by atoms with van der Waals surface area (Å²) >= 11 is 1.23. The van der Waals surface area contributed by atoms with E-state index in [1.54, 1.807) is 24.4 Å². The Balaban J connectivity index is 2.03. The number of carbonyl (C=O) groups is 4. The van der Waals surface area contributed by atoms with Crippen LogP contribution in [0.2, 0.25) is 0 Å². The zero-order valence-electron chi connectivity index (χ0n) is 13.3. The van der Waals surface area contributed by atoms with Crippen molar-refractivity contribution in [1.29, 1.82) is 0 Å². The fraction of sp³-hybridized carbons (Fsp3) is 0.176. The average Bonchev–Trinajstić information content (AvgIpc) is 3.12. The minimum absolute atomic E-state index is 0.247. The van der Waals surface area contributed by atoms with Crippen LogP contribution in [0.1, 0.15) is 36.0 Å². The summed E-state index contributed by atoms with van der Waals surface area (Å²) in [5.41, 5.74) is 1.24. The smallest absolute Gasteiger partial charge is 0.328 e. The Kier molecular flexibility index (Phi) is 6.02. The molecule has 2 aromatic rings. The van der Waals surface area contributed by atoms with Gasteiger partial charge >= 0.3 is 5.97 Å². The molecule has 25 heavy (non-hydrogen) atoms. The third kappa shape index (κ3) is 4.74. The van der Waals surface area contributed by atoms with E-state index in [4.69, 9.17) is 0 Å². The molecule has 0 aliphatic rings. The van der Waals surface area contributed by atoms with Crippen LogP contribution in [-0.4, -0.2) is 41.8 Å². The molecule has 0 aliphatic heterocycles. The van der Waals surface area contributed by atoms with Crippen LogP contribution in [-0.2, 0) is 4.79 Å². The van der Waals surface area contributed by atoms with E-state index in [2.05, 4.69) is 10.6 Å². The van der Waals surface area contributed by atoms with E-state index in [0.717, 1.165) is 0 Å². The minimum Gasteiger partial charge on any atom is -0.480 e. The predicted molar refractivity (Wildman–Crippen MR) is 92.1 cm³/mol. The zero-order chi connectivity index (χ0) is 18.4. The monoisotopic (exact) mass is 360 g/mol. The maximum absolute atomic E-state index is 12.3. The molecule has 0 saturated carbocycles. The molecule has 0 aliphatic carbocycles. The minimum atomic E-state index is -1.28. The molecule has 3 N–H and O–H groups in total. The van der Waals surface area contributed by atoms with Crippen molar-refractivity contribution in [3.8, 4) is 0 Å². The molecule has 1 aromatic heterocycles. The molecule has 130 valence electrons. The van der Waals surface area contributed by atoms with E-state index in [9.17, 15) is 24.3 Å². The number of aryl methyl sites for hydroxylation is 1. The molecular weight excluding hydrogens is 344 g/mol. The Morgan fingerprint density at radius 1 is 1.24 bits per heavy atom. The van der Waals surface area contributed by atoms with Crippen molar-refractivity contribution in [2.45, 2.75) is 13.0 Å². The van der Waals surface area contributed by atoms with Gasteiger partial charge in [-0.1, -0.05) is 12.1 Å². The van der Waals surface area contributed by atoms with E-state index in [1.807, 2.05) is 0 Å². The Hall–Kier alpha value is -3.00. The molecule has 1 unspecified atom stereocenters. The van der Waals surface area contributed by atoms with Crippen LogP contribution < -0.4 is 10.6 Å². The van der Waals surface area contributed by atoms with Crippen LogP contribution in [0.3, 0.4) is 0 Å². The lowest BCUT2D eigenvalue weighted by atomic mass is 10.0. The summed E-state index contributed by atoms with van der Waals surface area (Å²) in [6.07, 6.45) is 0.662. The van der Waals surface area contributed by atoms with Crippen LogP contribution in [0.4, 0.5) is 0 Å². The van der Waals surface area contributed by atoms with Crippen LogP contribution in [0.5, 0.6) is 0 Å². The van der Waals surface area contributed by atoms with Gasteiger partial charge in [0.15, 0.2) is 0 Å². The highest BCUT2D eigenvalue weighted by molar-refractivity contribution is 7.12. The van der Waals surface area contributed by atoms with E-state index in [-0.39, 0.29) is 12.1 Å². The molecular formula is C17H16N2O5S. The largest absolute Gasteiger partial charge is 0.480 e. The van der Waals surface area contributed by atoms with Crippen LogP contribution >= 0.6 is 11.3 Å². The van der Waals surface area contributed by atoms with E-state index in [0.29, 0.717) is 22.3 Å². The SMILES string of the molecule is Cc1cc(C=O)ccc1C(=O)NC(CNC(=O)c1cccs1)C(=O)O. The molecule has 0 spiro atoms. The van der Waals surface area contributed by atoms with Crippen molar-refractivity contribution in [3.63, 3.8) is 0 Å². The average molecular weight is 360 g/mol. The summed E-state index contributed by atoms with van der Waals surface area (Å²) in [4.78, 5) is 46.7. The molecule has 0 fully saturated rings. The number of carboxylic acids is 1. The normalized spacial score (nSPS) is 11.4. The molecule has 8 heteroatoms. The zero-order valence-corrected chi connectivity index (χ0v) is 14.1. The Morgan fingerprint density at radius 2 is 2.00 bits per heavy atom. The van der Waals surface area contributed by atoms with Crippen LogP contribution in [0, 0.1) is 6.92 Å². The lowest BCUT2D eigenvalue weighted by molar-refractivity contribution is -0.139. The van der Waals surface area contributed by atoms with Gasteiger partial charge in [0.2, 0.25) is 0 Å². The maximum Gasteiger partial charge on any atom is 0.328 e. The highest BCUT2D eigenvalue weighted by atomic mass is 32.1. The van der Waals surface area contributed by atoms with Gasteiger partial charge in [0, 0.05) is 17.7 Å². The van der Waals surface area contributed by atoms with Crippen molar-refractivity contribution in [2.24, 2.45) is 0 Å². The van der Waals surface area contributed by atoms with E-state index < -0.39 is 23.8 Å². The highest BCUT2D eigenvalue weighted by Crippen LogP contribution is 2.11. The first-order valence-electron chi connectivity index (χ1n) is 7.33. The first kappa shape index (κ1) is 18.3. The number of amides is 2. The van der Waals surface area contributed by atoms with Gasteiger partial charge in [-0.3, -0.25) is 14.4 Å². The fourth-order valence-corrected chi connectivity index (χ4v) is 2.78. The maximum atomic E-state index is 12.3. The summed E-state index contributed by atoms with van der Waals surface area (Å²) in [6.45, 7) is 1.40. The van der Waals surface area contributed by atoms with Gasteiger partial charge < -0.3 is 15.7 Å². The van der Waals surface area contributed by atoms with Gasteiger partial charge in [0.05, 0.1) is 4.88 Å². The predicted octanol–water partition coefficient (Wildman–Crippen LogP) is 1.48.